The molecule has 8 rings (SSSR count). The van der Waals surface area contributed by atoms with E-state index in [4.69, 9.17) is 16.4 Å². The lowest BCUT2D eigenvalue weighted by Crippen LogP contribution is -2.51. The minimum absolute atomic E-state index is 0.00409. The van der Waals surface area contributed by atoms with E-state index in [1.54, 1.807) is 6.20 Å². The second kappa shape index (κ2) is 9.48. The number of aromatic hydroxyl groups is 1. The summed E-state index contributed by atoms with van der Waals surface area (Å²) in [5.41, 5.74) is 0.368. The molecule has 1 unspecified atom stereocenters. The molecule has 0 saturated carbocycles. The summed E-state index contributed by atoms with van der Waals surface area (Å²) in [4.78, 5) is 18.8. The zero-order valence-electron chi connectivity index (χ0n) is 23.1. The third-order valence-corrected chi connectivity index (χ3v) is 9.59. The number of anilines is 2. The molecule has 2 aromatic carbocycles. The summed E-state index contributed by atoms with van der Waals surface area (Å²) >= 11 is 0. The van der Waals surface area contributed by atoms with Crippen molar-refractivity contribution in [2.45, 2.75) is 49.7 Å². The highest BCUT2D eigenvalue weighted by Gasteiger charge is 2.41. The fourth-order valence-electron chi connectivity index (χ4n) is 7.58. The highest BCUT2D eigenvalue weighted by atomic mass is 19.1. The monoisotopic (exact) mass is 567 g/mol. The molecule has 0 aliphatic carbocycles. The first-order chi connectivity index (χ1) is 20.4. The highest BCUT2D eigenvalue weighted by molar-refractivity contribution is 6.03. The maximum atomic E-state index is 16.8. The van der Waals surface area contributed by atoms with Crippen molar-refractivity contribution in [3.8, 4) is 29.4 Å². The van der Waals surface area contributed by atoms with E-state index in [1.165, 1.54) is 24.3 Å². The number of piperazine rings is 1. The maximum absolute atomic E-state index is 16.8. The van der Waals surface area contributed by atoms with Gasteiger partial charge in [0.15, 0.2) is 5.82 Å². The minimum Gasteiger partial charge on any atom is -0.508 e. The first kappa shape index (κ1) is 25.6. The van der Waals surface area contributed by atoms with Gasteiger partial charge in [-0.1, -0.05) is 12.0 Å². The van der Waals surface area contributed by atoms with Crippen LogP contribution in [0.1, 0.15) is 37.7 Å². The summed E-state index contributed by atoms with van der Waals surface area (Å²) < 4.78 is 31.6. The van der Waals surface area contributed by atoms with Gasteiger partial charge in [0.1, 0.15) is 28.6 Å². The molecule has 3 N–H and O–H groups in total. The molecule has 3 atom stereocenters. The van der Waals surface area contributed by atoms with Crippen LogP contribution in [0.2, 0.25) is 0 Å². The molecular formula is C32H31F2N7O. The number of aromatic nitrogens is 3. The zero-order chi connectivity index (χ0) is 28.6. The highest BCUT2D eigenvalue weighted by Crippen LogP contribution is 2.40. The van der Waals surface area contributed by atoms with Gasteiger partial charge in [-0.15, -0.1) is 6.42 Å². The molecule has 0 radical (unpaired) electrons. The summed E-state index contributed by atoms with van der Waals surface area (Å²) in [6.45, 7) is 4.11. The van der Waals surface area contributed by atoms with E-state index in [0.717, 1.165) is 64.8 Å². The van der Waals surface area contributed by atoms with E-state index < -0.39 is 11.6 Å². The van der Waals surface area contributed by atoms with Crippen LogP contribution in [0.3, 0.4) is 0 Å². The first-order valence-corrected chi connectivity index (χ1v) is 14.7. The van der Waals surface area contributed by atoms with Gasteiger partial charge in [-0.2, -0.15) is 4.98 Å². The van der Waals surface area contributed by atoms with Gasteiger partial charge >= 0.3 is 0 Å². The molecule has 4 saturated heterocycles. The smallest absolute Gasteiger partial charge is 0.228 e. The predicted octanol–water partition coefficient (Wildman–Crippen LogP) is 4.08. The van der Waals surface area contributed by atoms with Crippen LogP contribution in [0.5, 0.6) is 5.75 Å². The Kier molecular flexibility index (Phi) is 5.78. The number of terminal acetylenes is 1. The van der Waals surface area contributed by atoms with Crippen LogP contribution in [-0.4, -0.2) is 70.4 Å². The normalized spacial score (nSPS) is 25.3. The van der Waals surface area contributed by atoms with Gasteiger partial charge in [-0.25, -0.2) is 13.8 Å². The number of fused-ring (bicyclic) bond motifs is 4. The van der Waals surface area contributed by atoms with Gasteiger partial charge < -0.3 is 25.5 Å². The summed E-state index contributed by atoms with van der Waals surface area (Å²) in [5, 5.41) is 19.2. The third kappa shape index (κ3) is 3.98. The summed E-state index contributed by atoms with van der Waals surface area (Å²) in [5.74, 6) is 2.24. The molecular weight excluding hydrogens is 536 g/mol. The molecule has 6 heterocycles. The lowest BCUT2D eigenvalue weighted by atomic mass is 9.96. The molecule has 42 heavy (non-hydrogen) atoms. The quantitative estimate of drug-likeness (QED) is 0.319. The van der Waals surface area contributed by atoms with Crippen LogP contribution in [0.15, 0.2) is 30.5 Å². The molecule has 2 aromatic heterocycles. The van der Waals surface area contributed by atoms with Crippen LogP contribution >= 0.6 is 0 Å². The van der Waals surface area contributed by atoms with Crippen LogP contribution in [0.4, 0.5) is 20.5 Å². The number of rotatable bonds is 3. The van der Waals surface area contributed by atoms with Gasteiger partial charge in [0.05, 0.1) is 10.9 Å². The molecule has 0 amide bonds. The number of phenolic OH excluding ortho intramolecular Hbond substituents is 1. The van der Waals surface area contributed by atoms with Crippen LogP contribution < -0.4 is 20.4 Å². The zero-order valence-corrected chi connectivity index (χ0v) is 23.1. The largest absolute Gasteiger partial charge is 0.508 e. The maximum Gasteiger partial charge on any atom is 0.228 e. The van der Waals surface area contributed by atoms with Crippen molar-refractivity contribution in [2.75, 3.05) is 42.5 Å². The third-order valence-electron chi connectivity index (χ3n) is 9.59. The Morgan fingerprint density at radius 3 is 2.67 bits per heavy atom. The minimum atomic E-state index is -0.650. The summed E-state index contributed by atoms with van der Waals surface area (Å²) in [7, 11) is 0. The molecule has 214 valence electrons. The fraction of sp³-hybridized carbons (Fsp3) is 0.406. The number of benzene rings is 2. The van der Waals surface area contributed by atoms with Gasteiger partial charge in [0.25, 0.3) is 0 Å². The average molecular weight is 568 g/mol. The van der Waals surface area contributed by atoms with Gasteiger partial charge in [0.2, 0.25) is 5.95 Å². The van der Waals surface area contributed by atoms with Crippen molar-refractivity contribution in [1.82, 2.24) is 25.6 Å². The van der Waals surface area contributed by atoms with Crippen molar-refractivity contribution < 1.29 is 13.9 Å². The number of nitrogens with one attached hydrogen (secondary N) is 2. The Labute approximate surface area is 242 Å². The fourth-order valence-corrected chi connectivity index (χ4v) is 7.58. The molecule has 2 bridgehead atoms. The topological polar surface area (TPSA) is 89.4 Å². The molecule has 4 aliphatic heterocycles. The molecule has 4 fully saturated rings. The lowest BCUT2D eigenvalue weighted by Gasteiger charge is -2.34. The van der Waals surface area contributed by atoms with E-state index in [-0.39, 0.29) is 33.6 Å². The van der Waals surface area contributed by atoms with E-state index in [1.807, 2.05) is 0 Å². The lowest BCUT2D eigenvalue weighted by molar-refractivity contribution is 0.418. The molecule has 1 spiro atoms. The standard InChI is InChI=1S/C32H31F2N7O/c1-2-22-25(33)7-4-18-12-21(42)13-23(26(18)22)28-27(34)29-24(14-35-28)30(41-15-19-5-6-20(16-41)37-19)39-31(38-29)40-11-9-32(17-40)8-3-10-36-32/h1,4,7,12-14,19-20,36-37,42H,3,5-6,8-11,15-17H2/t19-,20+,32?. The number of pyridine rings is 1. The second-order valence-corrected chi connectivity index (χ2v) is 12.2. The Balaban J connectivity index is 1.33. The Hall–Kier alpha value is -4.07. The van der Waals surface area contributed by atoms with Crippen LogP contribution in [0, 0.1) is 24.0 Å². The van der Waals surface area contributed by atoms with Crippen LogP contribution in [0.25, 0.3) is 32.9 Å². The summed E-state index contributed by atoms with van der Waals surface area (Å²) in [6, 6.07) is 6.36. The predicted molar refractivity (Wildman–Crippen MR) is 159 cm³/mol. The van der Waals surface area contributed by atoms with E-state index in [0.29, 0.717) is 40.0 Å². The number of phenols is 1. The Morgan fingerprint density at radius 2 is 1.90 bits per heavy atom. The number of hydrogen-bond acceptors (Lipinski definition) is 8. The number of hydrogen-bond donors (Lipinski definition) is 3. The van der Waals surface area contributed by atoms with Gasteiger partial charge in [-0.05, 0) is 62.2 Å². The van der Waals surface area contributed by atoms with Crippen molar-refractivity contribution in [3.05, 3.63) is 47.7 Å². The van der Waals surface area contributed by atoms with Gasteiger partial charge in [-0.3, -0.25) is 4.98 Å². The second-order valence-electron chi connectivity index (χ2n) is 12.2. The van der Waals surface area contributed by atoms with E-state index in [2.05, 4.69) is 31.3 Å². The number of halogens is 2. The van der Waals surface area contributed by atoms with Crippen molar-refractivity contribution in [1.29, 1.82) is 0 Å². The first-order valence-electron chi connectivity index (χ1n) is 14.7. The van der Waals surface area contributed by atoms with Crippen molar-refractivity contribution in [3.63, 3.8) is 0 Å². The summed E-state index contributed by atoms with van der Waals surface area (Å²) in [6.07, 6.45) is 12.7. The van der Waals surface area contributed by atoms with Gasteiger partial charge in [0, 0.05) is 60.9 Å². The molecule has 4 aromatic rings. The van der Waals surface area contributed by atoms with Crippen molar-refractivity contribution in [2.24, 2.45) is 0 Å². The van der Waals surface area contributed by atoms with E-state index in [9.17, 15) is 9.50 Å². The average Bonchev–Trinajstić information content (AvgIpc) is 3.73. The molecule has 8 nitrogen and oxygen atoms in total. The Bertz CT molecular complexity index is 1790. The SMILES string of the molecule is C#Cc1c(F)ccc2cc(O)cc(-c3ncc4c(N5C[C@H]6CC[C@@H](C5)N6)nc(N5CCC6(CCCN6)C5)nc4c3F)c12. The number of nitrogens with zero attached hydrogens (tertiary/aromatic N) is 5. The Morgan fingerprint density at radius 1 is 1.07 bits per heavy atom. The van der Waals surface area contributed by atoms with Crippen LogP contribution in [-0.2, 0) is 0 Å². The van der Waals surface area contributed by atoms with E-state index >= 15 is 4.39 Å². The molecule has 4 aliphatic rings. The van der Waals surface area contributed by atoms with Crippen molar-refractivity contribution >= 4 is 33.4 Å². The molecule has 10 heteroatoms.